The number of hydrogen-bond acceptors (Lipinski definition) is 4. The molecule has 29 heavy (non-hydrogen) atoms. The van der Waals surface area contributed by atoms with E-state index >= 15 is 0 Å². The average molecular weight is 389 g/mol. The summed E-state index contributed by atoms with van der Waals surface area (Å²) in [5, 5.41) is 0. The van der Waals surface area contributed by atoms with Crippen LogP contribution in [0.5, 0.6) is 5.75 Å². The molecule has 1 spiro atoms. The van der Waals surface area contributed by atoms with Crippen LogP contribution in [0, 0.1) is 5.92 Å². The average Bonchev–Trinajstić information content (AvgIpc) is 3.38. The Balaban J connectivity index is 1.43. The van der Waals surface area contributed by atoms with Crippen LogP contribution >= 0.6 is 0 Å². The molecule has 3 saturated heterocycles. The van der Waals surface area contributed by atoms with Crippen molar-refractivity contribution >= 4 is 5.91 Å². The monoisotopic (exact) mass is 389 g/mol. The highest BCUT2D eigenvalue weighted by atomic mass is 16.5. The lowest BCUT2D eigenvalue weighted by molar-refractivity contribution is -0.137. The fourth-order valence-corrected chi connectivity index (χ4v) is 5.76. The van der Waals surface area contributed by atoms with Crippen LogP contribution in [-0.4, -0.2) is 45.9 Å². The molecule has 2 aromatic rings. The molecule has 3 fully saturated rings. The van der Waals surface area contributed by atoms with E-state index in [1.807, 2.05) is 24.4 Å². The highest BCUT2D eigenvalue weighted by Gasteiger charge is 2.65. The van der Waals surface area contributed by atoms with E-state index in [2.05, 4.69) is 39.6 Å². The van der Waals surface area contributed by atoms with Crippen LogP contribution in [0.1, 0.15) is 36.4 Å². The molecule has 0 saturated carbocycles. The van der Waals surface area contributed by atoms with Crippen molar-refractivity contribution in [2.24, 2.45) is 5.92 Å². The molecule has 1 aromatic heterocycles. The van der Waals surface area contributed by atoms with Crippen molar-refractivity contribution in [3.63, 3.8) is 0 Å². The molecular weight excluding hydrogens is 362 g/mol. The minimum atomic E-state index is -0.335. The van der Waals surface area contributed by atoms with Gasteiger partial charge in [0, 0.05) is 43.0 Å². The standard InChI is InChI=1S/C24H27N3O2/c1-2-13-29-22-9-4-3-8-20(22)21-14-19-17-26(16-18-7-5-11-25-15-18)23(28)24(19)10-6-12-27(21)24/h2-5,7-9,11,15,19,21H,1,6,10,12-14,16-17H2/t19-,21-,24-/m0/s1. The summed E-state index contributed by atoms with van der Waals surface area (Å²) in [6, 6.07) is 12.5. The third kappa shape index (κ3) is 2.87. The predicted octanol–water partition coefficient (Wildman–Crippen LogP) is 3.58. The van der Waals surface area contributed by atoms with Crippen LogP contribution in [0.15, 0.2) is 61.4 Å². The number of para-hydroxylation sites is 1. The Morgan fingerprint density at radius 3 is 3.00 bits per heavy atom. The molecule has 5 nitrogen and oxygen atoms in total. The third-order valence-electron chi connectivity index (χ3n) is 6.86. The van der Waals surface area contributed by atoms with Crippen LogP contribution in [0.25, 0.3) is 0 Å². The van der Waals surface area contributed by atoms with Gasteiger partial charge in [0.05, 0.1) is 0 Å². The van der Waals surface area contributed by atoms with E-state index in [-0.39, 0.29) is 11.6 Å². The summed E-state index contributed by atoms with van der Waals surface area (Å²) in [5.41, 5.74) is 1.97. The van der Waals surface area contributed by atoms with E-state index in [0.29, 0.717) is 25.0 Å². The van der Waals surface area contributed by atoms with Crippen molar-refractivity contribution < 1.29 is 9.53 Å². The smallest absolute Gasteiger partial charge is 0.243 e. The normalized spacial score (nSPS) is 28.4. The maximum atomic E-state index is 13.6. The van der Waals surface area contributed by atoms with Gasteiger partial charge in [-0.1, -0.05) is 36.9 Å². The Morgan fingerprint density at radius 1 is 1.28 bits per heavy atom. The van der Waals surface area contributed by atoms with Crippen molar-refractivity contribution in [3.05, 3.63) is 72.6 Å². The molecule has 5 rings (SSSR count). The predicted molar refractivity (Wildman–Crippen MR) is 111 cm³/mol. The van der Waals surface area contributed by atoms with Crippen LogP contribution in [0.2, 0.25) is 0 Å². The summed E-state index contributed by atoms with van der Waals surface area (Å²) in [6.07, 6.45) is 8.46. The first kappa shape index (κ1) is 18.4. The lowest BCUT2D eigenvalue weighted by Crippen LogP contribution is -2.49. The van der Waals surface area contributed by atoms with Crippen molar-refractivity contribution in [1.29, 1.82) is 0 Å². The molecular formula is C24H27N3O2. The summed E-state index contributed by atoms with van der Waals surface area (Å²) >= 11 is 0. The lowest BCUT2D eigenvalue weighted by Gasteiger charge is -2.34. The summed E-state index contributed by atoms with van der Waals surface area (Å²) in [6.45, 7) is 6.72. The van der Waals surface area contributed by atoms with Gasteiger partial charge in [-0.2, -0.15) is 0 Å². The number of carbonyl (C=O) groups is 1. The maximum absolute atomic E-state index is 13.6. The Hall–Kier alpha value is -2.66. The lowest BCUT2D eigenvalue weighted by atomic mass is 9.85. The Morgan fingerprint density at radius 2 is 2.17 bits per heavy atom. The van der Waals surface area contributed by atoms with Crippen LogP contribution < -0.4 is 4.74 Å². The van der Waals surface area contributed by atoms with Crippen molar-refractivity contribution in [3.8, 4) is 5.75 Å². The molecule has 0 aliphatic carbocycles. The van der Waals surface area contributed by atoms with Crippen LogP contribution in [-0.2, 0) is 11.3 Å². The topological polar surface area (TPSA) is 45.7 Å². The first-order valence-corrected chi connectivity index (χ1v) is 10.5. The molecule has 3 aliphatic heterocycles. The Kier molecular flexibility index (Phi) is 4.63. The summed E-state index contributed by atoms with van der Waals surface area (Å²) in [5.74, 6) is 1.58. The number of aromatic nitrogens is 1. The van der Waals surface area contributed by atoms with Crippen molar-refractivity contribution in [2.45, 2.75) is 37.4 Å². The van der Waals surface area contributed by atoms with Crippen molar-refractivity contribution in [1.82, 2.24) is 14.8 Å². The second-order valence-corrected chi connectivity index (χ2v) is 8.35. The molecule has 1 aromatic carbocycles. The Bertz CT molecular complexity index is 915. The zero-order chi connectivity index (χ0) is 19.8. The van der Waals surface area contributed by atoms with Gasteiger partial charge in [0.25, 0.3) is 0 Å². The van der Waals surface area contributed by atoms with Gasteiger partial charge in [-0.15, -0.1) is 0 Å². The second kappa shape index (κ2) is 7.30. The van der Waals surface area contributed by atoms with Crippen LogP contribution in [0.4, 0.5) is 0 Å². The van der Waals surface area contributed by atoms with Gasteiger partial charge in [0.2, 0.25) is 5.91 Å². The number of carbonyl (C=O) groups excluding carboxylic acids is 1. The molecule has 4 heterocycles. The fraction of sp³-hybridized carbons (Fsp3) is 0.417. The van der Waals surface area contributed by atoms with Gasteiger partial charge in [0.15, 0.2) is 0 Å². The van der Waals surface area contributed by atoms with E-state index in [4.69, 9.17) is 4.74 Å². The van der Waals surface area contributed by atoms with Gasteiger partial charge < -0.3 is 9.64 Å². The van der Waals surface area contributed by atoms with Gasteiger partial charge in [-0.05, 0) is 43.5 Å². The zero-order valence-electron chi connectivity index (χ0n) is 16.7. The molecule has 0 N–H and O–H groups in total. The van der Waals surface area contributed by atoms with E-state index in [1.54, 1.807) is 12.3 Å². The Labute approximate surface area is 172 Å². The molecule has 3 atom stereocenters. The molecule has 150 valence electrons. The highest BCUT2D eigenvalue weighted by Crippen LogP contribution is 2.57. The minimum Gasteiger partial charge on any atom is -0.489 e. The SMILES string of the molecule is C=CCOc1ccccc1[C@@H]1C[C@H]2CN(Cc3cccnc3)C(=O)[C@]23CCCN13. The number of nitrogens with zero attached hydrogens (tertiary/aromatic N) is 3. The zero-order valence-corrected chi connectivity index (χ0v) is 16.7. The number of hydrogen-bond donors (Lipinski definition) is 0. The number of rotatable bonds is 6. The third-order valence-corrected chi connectivity index (χ3v) is 6.86. The van der Waals surface area contributed by atoms with E-state index < -0.39 is 0 Å². The molecule has 3 aliphatic rings. The first-order chi connectivity index (χ1) is 14.2. The minimum absolute atomic E-state index is 0.244. The summed E-state index contributed by atoms with van der Waals surface area (Å²) in [4.78, 5) is 22.4. The number of pyridine rings is 1. The van der Waals surface area contributed by atoms with E-state index in [1.165, 1.54) is 5.56 Å². The molecule has 0 bridgehead atoms. The van der Waals surface area contributed by atoms with Gasteiger partial charge >= 0.3 is 0 Å². The quantitative estimate of drug-likeness (QED) is 0.709. The number of ether oxygens (including phenoxy) is 1. The molecule has 1 amide bonds. The number of likely N-dealkylation sites (tertiary alicyclic amines) is 1. The highest BCUT2D eigenvalue weighted by molar-refractivity contribution is 5.90. The van der Waals surface area contributed by atoms with E-state index in [0.717, 1.165) is 43.7 Å². The molecule has 0 radical (unpaired) electrons. The fourth-order valence-electron chi connectivity index (χ4n) is 5.76. The molecule has 0 unspecified atom stereocenters. The largest absolute Gasteiger partial charge is 0.489 e. The number of benzene rings is 1. The van der Waals surface area contributed by atoms with Gasteiger partial charge in [-0.25, -0.2) is 0 Å². The second-order valence-electron chi connectivity index (χ2n) is 8.35. The molecule has 5 heteroatoms. The maximum Gasteiger partial charge on any atom is 0.243 e. The van der Waals surface area contributed by atoms with Crippen LogP contribution in [0.3, 0.4) is 0 Å². The van der Waals surface area contributed by atoms with Gasteiger partial charge in [0.1, 0.15) is 17.9 Å². The summed E-state index contributed by atoms with van der Waals surface area (Å²) in [7, 11) is 0. The van der Waals surface area contributed by atoms with Gasteiger partial charge in [-0.3, -0.25) is 14.7 Å². The number of amides is 1. The van der Waals surface area contributed by atoms with Crippen molar-refractivity contribution in [2.75, 3.05) is 19.7 Å². The first-order valence-electron chi connectivity index (χ1n) is 10.5. The van der Waals surface area contributed by atoms with E-state index in [9.17, 15) is 4.79 Å². The summed E-state index contributed by atoms with van der Waals surface area (Å²) < 4.78 is 5.95.